The molecule has 0 aliphatic carbocycles. The van der Waals surface area contributed by atoms with E-state index in [1.807, 2.05) is 30.5 Å². The fraction of sp³-hybridized carbons (Fsp3) is 0.375. The summed E-state index contributed by atoms with van der Waals surface area (Å²) in [6.45, 7) is 1.92. The van der Waals surface area contributed by atoms with Crippen molar-refractivity contribution < 1.29 is 0 Å². The zero-order valence-corrected chi connectivity index (χ0v) is 12.8. The third kappa shape index (κ3) is 4.11. The zero-order valence-electron chi connectivity index (χ0n) is 12.0. The maximum atomic E-state index is 4.66. The topological polar surface area (TPSA) is 42.2 Å². The molecular weight excluding hydrogens is 280 g/mol. The average Bonchev–Trinajstić information content (AvgIpc) is 3.19. The van der Waals surface area contributed by atoms with Gasteiger partial charge in [-0.25, -0.2) is 4.98 Å². The van der Waals surface area contributed by atoms with Crippen LogP contribution in [0.1, 0.15) is 24.4 Å². The molecule has 1 saturated heterocycles. The van der Waals surface area contributed by atoms with Crippen LogP contribution in [0.5, 0.6) is 0 Å². The zero-order chi connectivity index (χ0) is 14.3. The number of nitrogens with zero attached hydrogens (tertiary/aromatic N) is 3. The molecule has 0 bridgehead atoms. The molecule has 1 N–H and O–H groups in total. The highest BCUT2D eigenvalue weighted by atomic mass is 32.2. The van der Waals surface area contributed by atoms with Crippen LogP contribution in [0.4, 0.5) is 0 Å². The molecule has 1 aromatic heterocycles. The number of aliphatic imine (C=N–C) groups is 1. The summed E-state index contributed by atoms with van der Waals surface area (Å²) in [4.78, 5) is 8.70. The van der Waals surface area contributed by atoms with Crippen molar-refractivity contribution in [1.29, 1.82) is 0 Å². The largest absolute Gasteiger partial charge is 0.357 e. The fourth-order valence-electron chi connectivity index (χ4n) is 2.36. The van der Waals surface area contributed by atoms with Crippen molar-refractivity contribution in [3.8, 4) is 0 Å². The van der Waals surface area contributed by atoms with Crippen LogP contribution < -0.4 is 5.32 Å². The van der Waals surface area contributed by atoms with Gasteiger partial charge in [0.1, 0.15) is 0 Å². The van der Waals surface area contributed by atoms with Gasteiger partial charge >= 0.3 is 0 Å². The van der Waals surface area contributed by atoms with Crippen molar-refractivity contribution in [2.45, 2.75) is 25.4 Å². The van der Waals surface area contributed by atoms with Crippen LogP contribution in [-0.4, -0.2) is 27.0 Å². The summed E-state index contributed by atoms with van der Waals surface area (Å²) in [6.07, 6.45) is 7.94. The van der Waals surface area contributed by atoms with Crippen LogP contribution in [0.2, 0.25) is 0 Å². The highest BCUT2D eigenvalue weighted by Gasteiger charge is 2.21. The van der Waals surface area contributed by atoms with E-state index in [2.05, 4.69) is 50.2 Å². The lowest BCUT2D eigenvalue weighted by Crippen LogP contribution is -2.19. The molecule has 0 saturated carbocycles. The van der Waals surface area contributed by atoms with Gasteiger partial charge in [-0.15, -0.1) is 0 Å². The van der Waals surface area contributed by atoms with E-state index in [-0.39, 0.29) is 0 Å². The molecule has 2 aromatic rings. The van der Waals surface area contributed by atoms with Crippen LogP contribution in [0.25, 0.3) is 0 Å². The molecule has 2 heterocycles. The second kappa shape index (κ2) is 7.31. The first-order valence-electron chi connectivity index (χ1n) is 7.36. The van der Waals surface area contributed by atoms with E-state index >= 15 is 0 Å². The predicted molar refractivity (Wildman–Crippen MR) is 88.5 cm³/mol. The first kappa shape index (κ1) is 14.2. The number of thioether (sulfide) groups is 1. The van der Waals surface area contributed by atoms with Crippen LogP contribution in [0.15, 0.2) is 54.0 Å². The fourth-order valence-corrected chi connectivity index (χ4v) is 3.37. The number of aryl methyl sites for hydroxylation is 1. The van der Waals surface area contributed by atoms with E-state index in [4.69, 9.17) is 0 Å². The maximum Gasteiger partial charge on any atom is 0.157 e. The highest BCUT2D eigenvalue weighted by Crippen LogP contribution is 2.25. The van der Waals surface area contributed by atoms with E-state index in [1.165, 1.54) is 5.56 Å². The van der Waals surface area contributed by atoms with Gasteiger partial charge in [0.25, 0.3) is 0 Å². The van der Waals surface area contributed by atoms with Gasteiger partial charge in [0, 0.05) is 31.2 Å². The Morgan fingerprint density at radius 2 is 2.19 bits per heavy atom. The average molecular weight is 300 g/mol. The SMILES string of the molecule is c1ccc(C2CSC(=NCCCCn3ccnc3)N2)cc1. The molecule has 1 aromatic carbocycles. The van der Waals surface area contributed by atoms with Crippen LogP contribution in [0.3, 0.4) is 0 Å². The summed E-state index contributed by atoms with van der Waals surface area (Å²) in [7, 11) is 0. The molecule has 1 atom stereocenters. The lowest BCUT2D eigenvalue weighted by Gasteiger charge is -2.09. The van der Waals surface area contributed by atoms with Gasteiger partial charge in [0.15, 0.2) is 5.17 Å². The summed E-state index contributed by atoms with van der Waals surface area (Å²) < 4.78 is 2.11. The monoisotopic (exact) mass is 300 g/mol. The first-order valence-corrected chi connectivity index (χ1v) is 8.35. The van der Waals surface area contributed by atoms with Crippen LogP contribution >= 0.6 is 11.8 Å². The van der Waals surface area contributed by atoms with E-state index in [0.29, 0.717) is 6.04 Å². The standard InChI is InChI=1S/C16H20N4S/c1-2-6-14(7-3-1)15-12-21-16(19-15)18-8-4-5-10-20-11-9-17-13-20/h1-3,6-7,9,11,13,15H,4-5,8,10,12H2,(H,18,19). The molecule has 0 spiro atoms. The number of amidine groups is 1. The summed E-state index contributed by atoms with van der Waals surface area (Å²) >= 11 is 1.82. The molecule has 0 radical (unpaired) electrons. The molecule has 21 heavy (non-hydrogen) atoms. The Labute approximate surface area is 129 Å². The number of unbranched alkanes of at least 4 members (excludes halogenated alkanes) is 1. The Bertz CT molecular complexity index is 565. The molecule has 1 unspecified atom stereocenters. The van der Waals surface area contributed by atoms with Gasteiger partial charge in [-0.05, 0) is 18.4 Å². The van der Waals surface area contributed by atoms with E-state index in [0.717, 1.165) is 36.9 Å². The minimum Gasteiger partial charge on any atom is -0.357 e. The summed E-state index contributed by atoms with van der Waals surface area (Å²) in [5.41, 5.74) is 1.34. The Morgan fingerprint density at radius 1 is 1.29 bits per heavy atom. The predicted octanol–water partition coefficient (Wildman–Crippen LogP) is 3.10. The van der Waals surface area contributed by atoms with Gasteiger partial charge in [0.2, 0.25) is 0 Å². The second-order valence-corrected chi connectivity index (χ2v) is 6.12. The van der Waals surface area contributed by atoms with Gasteiger partial charge in [-0.2, -0.15) is 0 Å². The summed E-state index contributed by atoms with van der Waals surface area (Å²) in [5.74, 6) is 1.07. The van der Waals surface area contributed by atoms with Crippen molar-refractivity contribution >= 4 is 16.9 Å². The molecule has 5 heteroatoms. The molecule has 1 fully saturated rings. The molecule has 3 rings (SSSR count). The number of rotatable bonds is 6. The Balaban J connectivity index is 1.39. The van der Waals surface area contributed by atoms with E-state index in [9.17, 15) is 0 Å². The van der Waals surface area contributed by atoms with Crippen molar-refractivity contribution in [3.63, 3.8) is 0 Å². The van der Waals surface area contributed by atoms with Crippen molar-refractivity contribution in [1.82, 2.24) is 14.9 Å². The Morgan fingerprint density at radius 3 is 3.00 bits per heavy atom. The second-order valence-electron chi connectivity index (χ2n) is 5.11. The van der Waals surface area contributed by atoms with E-state index in [1.54, 1.807) is 0 Å². The molecule has 0 amide bonds. The number of imidazole rings is 1. The van der Waals surface area contributed by atoms with Crippen LogP contribution in [-0.2, 0) is 6.54 Å². The Kier molecular flexibility index (Phi) is 4.94. The number of hydrogen-bond acceptors (Lipinski definition) is 3. The van der Waals surface area contributed by atoms with Gasteiger partial charge in [-0.1, -0.05) is 42.1 Å². The normalized spacial score (nSPS) is 19.8. The third-order valence-corrected chi connectivity index (χ3v) is 4.55. The van der Waals surface area contributed by atoms with Crippen molar-refractivity contribution in [2.75, 3.05) is 12.3 Å². The minimum atomic E-state index is 0.404. The van der Waals surface area contributed by atoms with Crippen LogP contribution in [0, 0.1) is 0 Å². The number of nitrogens with one attached hydrogen (secondary N) is 1. The maximum absolute atomic E-state index is 4.66. The lowest BCUT2D eigenvalue weighted by atomic mass is 10.1. The summed E-state index contributed by atoms with van der Waals surface area (Å²) in [5, 5.41) is 4.60. The highest BCUT2D eigenvalue weighted by molar-refractivity contribution is 8.14. The smallest absolute Gasteiger partial charge is 0.157 e. The quantitative estimate of drug-likeness (QED) is 0.834. The number of benzene rings is 1. The van der Waals surface area contributed by atoms with Crippen molar-refractivity contribution in [3.05, 3.63) is 54.6 Å². The molecular formula is C16H20N4S. The van der Waals surface area contributed by atoms with Gasteiger partial charge in [-0.3, -0.25) is 4.99 Å². The van der Waals surface area contributed by atoms with Gasteiger partial charge in [0.05, 0.1) is 12.4 Å². The molecule has 1 aliphatic rings. The third-order valence-electron chi connectivity index (χ3n) is 3.53. The summed E-state index contributed by atoms with van der Waals surface area (Å²) in [6, 6.07) is 11.0. The number of hydrogen-bond donors (Lipinski definition) is 1. The van der Waals surface area contributed by atoms with E-state index < -0.39 is 0 Å². The molecule has 4 nitrogen and oxygen atoms in total. The molecule has 1 aliphatic heterocycles. The number of aromatic nitrogens is 2. The minimum absolute atomic E-state index is 0.404. The molecule has 110 valence electrons. The first-order chi connectivity index (χ1) is 10.4. The Hall–Kier alpha value is -1.75. The van der Waals surface area contributed by atoms with Gasteiger partial charge < -0.3 is 9.88 Å². The van der Waals surface area contributed by atoms with Crippen molar-refractivity contribution in [2.24, 2.45) is 4.99 Å². The lowest BCUT2D eigenvalue weighted by molar-refractivity contribution is 0.614.